The lowest BCUT2D eigenvalue weighted by Gasteiger charge is -2.08. The summed E-state index contributed by atoms with van der Waals surface area (Å²) in [5, 5.41) is 14.6. The van der Waals surface area contributed by atoms with Crippen molar-refractivity contribution in [2.24, 2.45) is 0 Å². The molecule has 0 atom stereocenters. The Morgan fingerprint density at radius 2 is 2.12 bits per heavy atom. The van der Waals surface area contributed by atoms with E-state index < -0.39 is 0 Å². The van der Waals surface area contributed by atoms with Gasteiger partial charge in [-0.1, -0.05) is 18.2 Å². The van der Waals surface area contributed by atoms with Gasteiger partial charge in [0.15, 0.2) is 0 Å². The number of aliphatic hydroxyl groups is 1. The van der Waals surface area contributed by atoms with E-state index in [4.69, 9.17) is 0 Å². The molecule has 0 saturated carbocycles. The van der Waals surface area contributed by atoms with Gasteiger partial charge in [-0.05, 0) is 28.1 Å². The van der Waals surface area contributed by atoms with Crippen molar-refractivity contribution < 1.29 is 5.11 Å². The van der Waals surface area contributed by atoms with Gasteiger partial charge in [-0.2, -0.15) is 0 Å². The molecule has 2 nitrogen and oxygen atoms in total. The molecule has 1 aromatic carbocycles. The summed E-state index contributed by atoms with van der Waals surface area (Å²) in [5.41, 5.74) is 1.92. The van der Waals surface area contributed by atoms with Gasteiger partial charge < -0.3 is 10.4 Å². The molecular weight excluding hydrogens is 286 g/mol. The minimum atomic E-state index is 0.0668. The molecule has 2 N–H and O–H groups in total. The van der Waals surface area contributed by atoms with Crippen LogP contribution in [0.5, 0.6) is 0 Å². The van der Waals surface area contributed by atoms with Crippen molar-refractivity contribution in [1.29, 1.82) is 0 Å². The van der Waals surface area contributed by atoms with Crippen LogP contribution in [0.2, 0.25) is 0 Å². The van der Waals surface area contributed by atoms with Crippen LogP contribution < -0.4 is 5.32 Å². The molecule has 0 amide bonds. The molecule has 0 unspecified atom stereocenters. The highest BCUT2D eigenvalue weighted by Crippen LogP contribution is 2.22. The van der Waals surface area contributed by atoms with Crippen molar-refractivity contribution >= 4 is 33.0 Å². The van der Waals surface area contributed by atoms with Crippen molar-refractivity contribution in [3.05, 3.63) is 50.6 Å². The zero-order valence-electron chi connectivity index (χ0n) is 8.61. The van der Waals surface area contributed by atoms with Crippen LogP contribution in [-0.4, -0.2) is 5.11 Å². The molecular formula is C12H12BrNOS. The number of hydrogen-bond acceptors (Lipinski definition) is 3. The van der Waals surface area contributed by atoms with Crippen LogP contribution in [0.4, 0.5) is 5.69 Å². The lowest BCUT2D eigenvalue weighted by Crippen LogP contribution is -2.00. The molecule has 84 valence electrons. The summed E-state index contributed by atoms with van der Waals surface area (Å²) in [4.78, 5) is 1.26. The van der Waals surface area contributed by atoms with Gasteiger partial charge >= 0.3 is 0 Å². The Hall–Kier alpha value is -0.840. The average molecular weight is 298 g/mol. The first-order chi connectivity index (χ1) is 7.79. The van der Waals surface area contributed by atoms with Crippen LogP contribution in [0.3, 0.4) is 0 Å². The fourth-order valence-electron chi connectivity index (χ4n) is 1.46. The van der Waals surface area contributed by atoms with Crippen LogP contribution in [0.15, 0.2) is 40.2 Å². The first-order valence-electron chi connectivity index (χ1n) is 4.95. The molecule has 0 aliphatic carbocycles. The monoisotopic (exact) mass is 297 g/mol. The normalized spacial score (nSPS) is 10.4. The van der Waals surface area contributed by atoms with E-state index in [-0.39, 0.29) is 6.61 Å². The molecule has 0 aliphatic rings. The van der Waals surface area contributed by atoms with Crippen LogP contribution in [0, 0.1) is 0 Å². The van der Waals surface area contributed by atoms with E-state index in [0.717, 1.165) is 22.3 Å². The Morgan fingerprint density at radius 3 is 2.81 bits per heavy atom. The third-order valence-corrected chi connectivity index (χ3v) is 3.96. The third kappa shape index (κ3) is 2.84. The second-order valence-electron chi connectivity index (χ2n) is 3.40. The molecule has 16 heavy (non-hydrogen) atoms. The molecule has 0 bridgehead atoms. The standard InChI is InChI=1S/C12H12BrNOS/c13-10-5-11(16-8-10)6-14-12-4-2-1-3-9(12)7-15/h1-5,8,14-15H,6-7H2. The molecule has 2 aromatic rings. The van der Waals surface area contributed by atoms with E-state index in [1.165, 1.54) is 4.88 Å². The molecule has 0 radical (unpaired) electrons. The maximum absolute atomic E-state index is 9.17. The van der Waals surface area contributed by atoms with Gasteiger partial charge in [-0.15, -0.1) is 11.3 Å². The highest BCUT2D eigenvalue weighted by Gasteiger charge is 2.01. The Bertz CT molecular complexity index is 470. The van der Waals surface area contributed by atoms with Crippen LogP contribution in [-0.2, 0) is 13.2 Å². The summed E-state index contributed by atoms with van der Waals surface area (Å²) in [7, 11) is 0. The van der Waals surface area contributed by atoms with E-state index in [2.05, 4.69) is 32.7 Å². The number of benzene rings is 1. The van der Waals surface area contributed by atoms with Gasteiger partial charge in [0.2, 0.25) is 0 Å². The number of para-hydroxylation sites is 1. The number of rotatable bonds is 4. The molecule has 0 aliphatic heterocycles. The van der Waals surface area contributed by atoms with Gasteiger partial charge in [-0.25, -0.2) is 0 Å². The molecule has 0 fully saturated rings. The highest BCUT2D eigenvalue weighted by atomic mass is 79.9. The Labute approximate surface area is 107 Å². The number of anilines is 1. The van der Waals surface area contributed by atoms with Gasteiger partial charge in [0.05, 0.1) is 6.61 Å². The number of thiophene rings is 1. The van der Waals surface area contributed by atoms with Crippen molar-refractivity contribution in [2.75, 3.05) is 5.32 Å². The molecule has 1 aromatic heterocycles. The zero-order valence-corrected chi connectivity index (χ0v) is 11.0. The predicted octanol–water partition coefficient (Wildman–Crippen LogP) is 3.62. The van der Waals surface area contributed by atoms with E-state index in [1.807, 2.05) is 24.3 Å². The number of hydrogen-bond donors (Lipinski definition) is 2. The van der Waals surface area contributed by atoms with Crippen LogP contribution in [0.25, 0.3) is 0 Å². The quantitative estimate of drug-likeness (QED) is 0.903. The number of aliphatic hydroxyl groups excluding tert-OH is 1. The van der Waals surface area contributed by atoms with E-state index >= 15 is 0 Å². The Kier molecular flexibility index (Phi) is 3.98. The summed E-state index contributed by atoms with van der Waals surface area (Å²) in [5.74, 6) is 0. The van der Waals surface area contributed by atoms with Gasteiger partial charge in [0.25, 0.3) is 0 Å². The summed E-state index contributed by atoms with van der Waals surface area (Å²) in [6, 6.07) is 9.89. The average Bonchev–Trinajstić information content (AvgIpc) is 2.73. The number of halogens is 1. The SMILES string of the molecule is OCc1ccccc1NCc1cc(Br)cs1. The molecule has 0 spiro atoms. The highest BCUT2D eigenvalue weighted by molar-refractivity contribution is 9.10. The smallest absolute Gasteiger partial charge is 0.0701 e. The minimum absolute atomic E-state index is 0.0668. The van der Waals surface area contributed by atoms with Crippen LogP contribution >= 0.6 is 27.3 Å². The van der Waals surface area contributed by atoms with E-state index in [9.17, 15) is 5.11 Å². The molecule has 4 heteroatoms. The van der Waals surface area contributed by atoms with E-state index in [1.54, 1.807) is 11.3 Å². The molecule has 0 saturated heterocycles. The summed E-state index contributed by atoms with van der Waals surface area (Å²) >= 11 is 5.14. The minimum Gasteiger partial charge on any atom is -0.392 e. The summed E-state index contributed by atoms with van der Waals surface area (Å²) in [6.45, 7) is 0.852. The zero-order chi connectivity index (χ0) is 11.4. The van der Waals surface area contributed by atoms with Gasteiger partial charge in [0, 0.05) is 32.5 Å². The topological polar surface area (TPSA) is 32.3 Å². The lowest BCUT2D eigenvalue weighted by molar-refractivity contribution is 0.282. The fraction of sp³-hybridized carbons (Fsp3) is 0.167. The molecule has 2 rings (SSSR count). The van der Waals surface area contributed by atoms with Crippen molar-refractivity contribution in [1.82, 2.24) is 0 Å². The molecule has 1 heterocycles. The van der Waals surface area contributed by atoms with Crippen molar-refractivity contribution in [3.63, 3.8) is 0 Å². The maximum Gasteiger partial charge on any atom is 0.0701 e. The first-order valence-corrected chi connectivity index (χ1v) is 6.62. The van der Waals surface area contributed by atoms with Crippen molar-refractivity contribution in [2.45, 2.75) is 13.2 Å². The predicted molar refractivity (Wildman–Crippen MR) is 71.7 cm³/mol. The largest absolute Gasteiger partial charge is 0.392 e. The third-order valence-electron chi connectivity index (χ3n) is 2.26. The fourth-order valence-corrected chi connectivity index (χ4v) is 2.85. The van der Waals surface area contributed by atoms with Gasteiger partial charge in [0.1, 0.15) is 0 Å². The van der Waals surface area contributed by atoms with Crippen LogP contribution in [0.1, 0.15) is 10.4 Å². The van der Waals surface area contributed by atoms with E-state index in [0.29, 0.717) is 0 Å². The Balaban J connectivity index is 2.04. The first kappa shape index (κ1) is 11.6. The summed E-state index contributed by atoms with van der Waals surface area (Å²) < 4.78 is 1.12. The number of nitrogens with one attached hydrogen (secondary N) is 1. The van der Waals surface area contributed by atoms with Crippen molar-refractivity contribution in [3.8, 4) is 0 Å². The summed E-state index contributed by atoms with van der Waals surface area (Å²) in [6.07, 6.45) is 0. The van der Waals surface area contributed by atoms with Gasteiger partial charge in [-0.3, -0.25) is 0 Å². The second kappa shape index (κ2) is 5.48. The Morgan fingerprint density at radius 1 is 1.31 bits per heavy atom. The lowest BCUT2D eigenvalue weighted by atomic mass is 10.2. The maximum atomic E-state index is 9.17. The second-order valence-corrected chi connectivity index (χ2v) is 5.31.